The minimum absolute atomic E-state index is 0.301. The normalized spacial score (nSPS) is 30.3. The molecule has 0 aromatic carbocycles. The molecule has 2 heterocycles. The molecule has 0 aromatic rings. The van der Waals surface area contributed by atoms with Crippen LogP contribution in [0.15, 0.2) is 0 Å². The van der Waals surface area contributed by atoms with E-state index in [1.165, 1.54) is 0 Å². The number of carbonyl (C=O) groups excluding carboxylic acids is 1. The van der Waals surface area contributed by atoms with Crippen LogP contribution in [0.4, 0.5) is 0 Å². The molecule has 0 aliphatic carbocycles. The summed E-state index contributed by atoms with van der Waals surface area (Å²) in [6, 6.07) is 0. The van der Waals surface area contributed by atoms with Gasteiger partial charge in [-0.3, -0.25) is 9.69 Å². The first kappa shape index (κ1) is 10.3. The Kier molecular flexibility index (Phi) is 3.67. The van der Waals surface area contributed by atoms with Gasteiger partial charge in [0.1, 0.15) is 0 Å². The highest BCUT2D eigenvalue weighted by Gasteiger charge is 2.28. The lowest BCUT2D eigenvalue weighted by molar-refractivity contribution is -0.125. The second-order valence-corrected chi connectivity index (χ2v) is 4.70. The van der Waals surface area contributed by atoms with E-state index in [1.54, 1.807) is 0 Å². The summed E-state index contributed by atoms with van der Waals surface area (Å²) in [7, 11) is 0. The van der Waals surface area contributed by atoms with Crippen molar-refractivity contribution >= 4 is 18.2 Å². The van der Waals surface area contributed by atoms with E-state index in [4.69, 9.17) is 4.74 Å². The summed E-state index contributed by atoms with van der Waals surface area (Å²) in [4.78, 5) is 15.1. The van der Waals surface area contributed by atoms with E-state index in [0.717, 1.165) is 50.8 Å². The van der Waals surface area contributed by atoms with Crippen molar-refractivity contribution in [3.63, 3.8) is 0 Å². The summed E-state index contributed by atoms with van der Waals surface area (Å²) in [6.45, 7) is 4.39. The Morgan fingerprint density at radius 2 is 2.07 bits per heavy atom. The summed E-state index contributed by atoms with van der Waals surface area (Å²) >= 11 is 1.93. The monoisotopic (exact) mass is 216 g/mol. The van der Waals surface area contributed by atoms with Gasteiger partial charge in [0.2, 0.25) is 6.41 Å². The van der Waals surface area contributed by atoms with Gasteiger partial charge in [0.15, 0.2) is 0 Å². The molecule has 1 amide bonds. The number of ether oxygens (including phenoxy) is 1. The van der Waals surface area contributed by atoms with Gasteiger partial charge in [0, 0.05) is 31.1 Å². The number of hydrogen-bond donors (Lipinski definition) is 0. The second-order valence-electron chi connectivity index (χ2n) is 3.55. The molecule has 1 atom stereocenters. The van der Waals surface area contributed by atoms with Crippen molar-refractivity contribution in [1.29, 1.82) is 0 Å². The van der Waals surface area contributed by atoms with Gasteiger partial charge in [0.05, 0.1) is 19.4 Å². The third-order valence-electron chi connectivity index (χ3n) is 2.75. The first-order valence-electron chi connectivity index (χ1n) is 5.02. The van der Waals surface area contributed by atoms with E-state index in [9.17, 15) is 4.79 Å². The highest BCUT2D eigenvalue weighted by molar-refractivity contribution is 7.99. The van der Waals surface area contributed by atoms with E-state index in [0.29, 0.717) is 6.17 Å². The predicted octanol–water partition coefficient (Wildman–Crippen LogP) is -0.150. The maximum Gasteiger partial charge on any atom is 0.211 e. The van der Waals surface area contributed by atoms with Gasteiger partial charge in [-0.25, -0.2) is 0 Å². The number of carbonyl (C=O) groups is 1. The van der Waals surface area contributed by atoms with Gasteiger partial charge in [-0.1, -0.05) is 0 Å². The summed E-state index contributed by atoms with van der Waals surface area (Å²) in [5.74, 6) is 2.11. The van der Waals surface area contributed by atoms with Crippen LogP contribution in [0.25, 0.3) is 0 Å². The summed E-state index contributed by atoms with van der Waals surface area (Å²) < 4.78 is 5.30. The molecule has 4 nitrogen and oxygen atoms in total. The highest BCUT2D eigenvalue weighted by atomic mass is 32.2. The molecule has 2 rings (SSSR count). The molecule has 80 valence electrons. The fourth-order valence-electron chi connectivity index (χ4n) is 1.92. The van der Waals surface area contributed by atoms with Crippen LogP contribution in [0.5, 0.6) is 0 Å². The van der Waals surface area contributed by atoms with Gasteiger partial charge in [0.25, 0.3) is 0 Å². The van der Waals surface area contributed by atoms with Crippen molar-refractivity contribution in [3.05, 3.63) is 0 Å². The molecule has 0 N–H and O–H groups in total. The molecule has 1 unspecified atom stereocenters. The molecule has 0 bridgehead atoms. The molecule has 5 heteroatoms. The largest absolute Gasteiger partial charge is 0.379 e. The third kappa shape index (κ3) is 2.21. The molecular formula is C9H16N2O2S. The van der Waals surface area contributed by atoms with E-state index in [-0.39, 0.29) is 0 Å². The van der Waals surface area contributed by atoms with Gasteiger partial charge in [-0.05, 0) is 0 Å². The van der Waals surface area contributed by atoms with Crippen molar-refractivity contribution in [3.8, 4) is 0 Å². The zero-order chi connectivity index (χ0) is 9.80. The number of nitrogens with zero attached hydrogens (tertiary/aromatic N) is 2. The molecule has 0 radical (unpaired) electrons. The Bertz CT molecular complexity index is 197. The molecule has 2 fully saturated rings. The Hall–Kier alpha value is -0.260. The van der Waals surface area contributed by atoms with E-state index >= 15 is 0 Å². The van der Waals surface area contributed by atoms with Gasteiger partial charge in [-0.15, -0.1) is 0 Å². The van der Waals surface area contributed by atoms with Crippen LogP contribution in [-0.2, 0) is 9.53 Å². The fourth-order valence-corrected chi connectivity index (χ4v) is 3.04. The predicted molar refractivity (Wildman–Crippen MR) is 56.3 cm³/mol. The lowest BCUT2D eigenvalue weighted by Crippen LogP contribution is -2.55. The first-order chi connectivity index (χ1) is 6.92. The van der Waals surface area contributed by atoms with Crippen molar-refractivity contribution in [2.24, 2.45) is 0 Å². The Morgan fingerprint density at radius 3 is 2.79 bits per heavy atom. The van der Waals surface area contributed by atoms with Crippen molar-refractivity contribution in [2.75, 3.05) is 44.4 Å². The molecule has 2 aliphatic heterocycles. The minimum Gasteiger partial charge on any atom is -0.379 e. The number of morpholine rings is 1. The number of thioether (sulfide) groups is 1. The Morgan fingerprint density at radius 1 is 1.29 bits per heavy atom. The maximum absolute atomic E-state index is 10.9. The molecule has 14 heavy (non-hydrogen) atoms. The quantitative estimate of drug-likeness (QED) is 0.601. The Balaban J connectivity index is 1.94. The smallest absolute Gasteiger partial charge is 0.211 e. The van der Waals surface area contributed by atoms with Crippen LogP contribution >= 0.6 is 11.8 Å². The molecule has 2 saturated heterocycles. The van der Waals surface area contributed by atoms with Gasteiger partial charge >= 0.3 is 0 Å². The van der Waals surface area contributed by atoms with Crippen LogP contribution in [-0.4, -0.2) is 66.7 Å². The lowest BCUT2D eigenvalue weighted by Gasteiger charge is -2.41. The SMILES string of the molecule is O=CN1CCSCC1N1CCOCC1. The summed E-state index contributed by atoms with van der Waals surface area (Å²) in [5.41, 5.74) is 0. The first-order valence-corrected chi connectivity index (χ1v) is 6.18. The second kappa shape index (κ2) is 5.00. The maximum atomic E-state index is 10.9. The van der Waals surface area contributed by atoms with Crippen molar-refractivity contribution in [1.82, 2.24) is 9.80 Å². The van der Waals surface area contributed by atoms with Gasteiger partial charge < -0.3 is 9.64 Å². The topological polar surface area (TPSA) is 32.8 Å². The van der Waals surface area contributed by atoms with Crippen LogP contribution < -0.4 is 0 Å². The molecule has 0 spiro atoms. The lowest BCUT2D eigenvalue weighted by atomic mass is 10.3. The van der Waals surface area contributed by atoms with Crippen LogP contribution in [0.3, 0.4) is 0 Å². The number of hydrogen-bond acceptors (Lipinski definition) is 4. The van der Waals surface area contributed by atoms with Crippen molar-refractivity contribution < 1.29 is 9.53 Å². The zero-order valence-corrected chi connectivity index (χ0v) is 9.04. The fraction of sp³-hybridized carbons (Fsp3) is 0.889. The van der Waals surface area contributed by atoms with Gasteiger partial charge in [-0.2, -0.15) is 11.8 Å². The minimum atomic E-state index is 0.301. The summed E-state index contributed by atoms with van der Waals surface area (Å²) in [5, 5.41) is 0. The van der Waals surface area contributed by atoms with E-state index < -0.39 is 0 Å². The molecular weight excluding hydrogens is 200 g/mol. The molecule has 0 saturated carbocycles. The third-order valence-corrected chi connectivity index (χ3v) is 3.75. The standard InChI is InChI=1S/C9H16N2O2S/c12-8-11-3-6-14-7-9(11)10-1-4-13-5-2-10/h8-9H,1-7H2. The van der Waals surface area contributed by atoms with Crippen molar-refractivity contribution in [2.45, 2.75) is 6.17 Å². The van der Waals surface area contributed by atoms with Crippen LogP contribution in [0.1, 0.15) is 0 Å². The zero-order valence-electron chi connectivity index (χ0n) is 8.22. The highest BCUT2D eigenvalue weighted by Crippen LogP contribution is 2.18. The Labute approximate surface area is 88.6 Å². The average Bonchev–Trinajstić information content (AvgIpc) is 2.30. The van der Waals surface area contributed by atoms with E-state index in [2.05, 4.69) is 4.90 Å². The van der Waals surface area contributed by atoms with Crippen LogP contribution in [0.2, 0.25) is 0 Å². The number of rotatable bonds is 2. The molecule has 2 aliphatic rings. The van der Waals surface area contributed by atoms with Crippen LogP contribution in [0, 0.1) is 0 Å². The number of amides is 1. The van der Waals surface area contributed by atoms with E-state index in [1.807, 2.05) is 16.7 Å². The average molecular weight is 216 g/mol. The molecule has 0 aromatic heterocycles. The summed E-state index contributed by atoms with van der Waals surface area (Å²) in [6.07, 6.45) is 1.29.